The van der Waals surface area contributed by atoms with Crippen LogP contribution in [0.3, 0.4) is 0 Å². The molecule has 0 bridgehead atoms. The lowest BCUT2D eigenvalue weighted by atomic mass is 10.2. The average Bonchev–Trinajstić information content (AvgIpc) is 3.31. The van der Waals surface area contributed by atoms with Gasteiger partial charge in [-0.05, 0) is 30.7 Å². The number of hydrogen-bond acceptors (Lipinski definition) is 8. The zero-order valence-electron chi connectivity index (χ0n) is 19.4. The minimum atomic E-state index is -0.519. The van der Waals surface area contributed by atoms with Gasteiger partial charge in [-0.25, -0.2) is 0 Å². The molecule has 3 aromatic rings. The quantitative estimate of drug-likeness (QED) is 0.554. The summed E-state index contributed by atoms with van der Waals surface area (Å²) in [5.41, 5.74) is 5.99. The lowest BCUT2D eigenvalue weighted by Crippen LogP contribution is -2.78. The Morgan fingerprint density at radius 2 is 1.91 bits per heavy atom. The van der Waals surface area contributed by atoms with Gasteiger partial charge in [-0.15, -0.1) is 0 Å². The number of nitrogens with zero attached hydrogens (tertiary/aromatic N) is 5. The fraction of sp³-hybridized carbons (Fsp3) is 0.320. The van der Waals surface area contributed by atoms with Gasteiger partial charge in [-0.2, -0.15) is 9.97 Å². The van der Waals surface area contributed by atoms with Gasteiger partial charge in [0, 0.05) is 50.7 Å². The Kier molecular flexibility index (Phi) is 6.29. The fourth-order valence-electron chi connectivity index (χ4n) is 4.16. The topological polar surface area (TPSA) is 103 Å². The van der Waals surface area contributed by atoms with E-state index in [1.54, 1.807) is 12.4 Å². The van der Waals surface area contributed by atoms with E-state index >= 15 is 0 Å². The SMILES string of the molecule is CC([NH3+])(/C=C\Nc1ccccc1)N1CCc2c(Oc3cccnc3)nc(N3CCOCC3)nc21. The Morgan fingerprint density at radius 1 is 1.09 bits per heavy atom. The second kappa shape index (κ2) is 9.66. The van der Waals surface area contributed by atoms with Crippen molar-refractivity contribution in [2.24, 2.45) is 0 Å². The molecule has 2 aromatic heterocycles. The van der Waals surface area contributed by atoms with Crippen LogP contribution in [0.25, 0.3) is 0 Å². The zero-order chi connectivity index (χ0) is 23.4. The third kappa shape index (κ3) is 4.80. The molecule has 4 N–H and O–H groups in total. The van der Waals surface area contributed by atoms with E-state index in [-0.39, 0.29) is 0 Å². The molecule has 0 aliphatic carbocycles. The van der Waals surface area contributed by atoms with Crippen LogP contribution in [0.5, 0.6) is 11.6 Å². The highest BCUT2D eigenvalue weighted by Crippen LogP contribution is 2.38. The second-order valence-electron chi connectivity index (χ2n) is 8.62. The van der Waals surface area contributed by atoms with Gasteiger partial charge >= 0.3 is 0 Å². The van der Waals surface area contributed by atoms with Crippen molar-refractivity contribution in [1.29, 1.82) is 0 Å². The molecule has 1 unspecified atom stereocenters. The van der Waals surface area contributed by atoms with Crippen LogP contribution in [-0.4, -0.2) is 53.5 Å². The van der Waals surface area contributed by atoms with Gasteiger partial charge in [0.25, 0.3) is 0 Å². The summed E-state index contributed by atoms with van der Waals surface area (Å²) < 4.78 is 11.7. The average molecular weight is 461 g/mol. The molecule has 1 atom stereocenters. The largest absolute Gasteiger partial charge is 0.437 e. The minimum Gasteiger partial charge on any atom is -0.437 e. The molecule has 0 spiro atoms. The van der Waals surface area contributed by atoms with Crippen molar-refractivity contribution in [1.82, 2.24) is 15.0 Å². The first-order valence-corrected chi connectivity index (χ1v) is 11.5. The third-order valence-corrected chi connectivity index (χ3v) is 6.00. The normalized spacial score (nSPS) is 17.5. The number of fused-ring (bicyclic) bond motifs is 1. The number of aromatic nitrogens is 3. The summed E-state index contributed by atoms with van der Waals surface area (Å²) >= 11 is 0. The van der Waals surface area contributed by atoms with Crippen molar-refractivity contribution >= 4 is 17.5 Å². The van der Waals surface area contributed by atoms with Gasteiger partial charge in [-0.1, -0.05) is 18.2 Å². The maximum atomic E-state index is 6.20. The Morgan fingerprint density at radius 3 is 2.68 bits per heavy atom. The Balaban J connectivity index is 1.45. The molecule has 34 heavy (non-hydrogen) atoms. The second-order valence-corrected chi connectivity index (χ2v) is 8.62. The highest BCUT2D eigenvalue weighted by atomic mass is 16.5. The molecule has 1 saturated heterocycles. The van der Waals surface area contributed by atoms with Crippen molar-refractivity contribution in [2.45, 2.75) is 19.0 Å². The van der Waals surface area contributed by atoms with Crippen molar-refractivity contribution in [3.63, 3.8) is 0 Å². The summed E-state index contributed by atoms with van der Waals surface area (Å²) in [6.45, 7) is 5.66. The number of pyridine rings is 1. The maximum Gasteiger partial charge on any atom is 0.230 e. The number of para-hydroxylation sites is 1. The van der Waals surface area contributed by atoms with E-state index in [0.29, 0.717) is 30.8 Å². The van der Waals surface area contributed by atoms with Gasteiger partial charge in [0.1, 0.15) is 11.6 Å². The molecule has 9 nitrogen and oxygen atoms in total. The summed E-state index contributed by atoms with van der Waals surface area (Å²) in [6, 6.07) is 13.8. The summed E-state index contributed by atoms with van der Waals surface area (Å²) in [7, 11) is 0. The standard InChI is InChI=1S/C25H29N7O2/c1-25(26,10-12-28-19-6-3-2-4-7-19)32-13-9-21-22(32)29-24(31-14-16-33-17-15-31)30-23(21)34-20-8-5-11-27-18-20/h2-8,10-12,18,28H,9,13-17,26H2,1H3/p+1/b12-10-. The van der Waals surface area contributed by atoms with Crippen LogP contribution in [0.15, 0.2) is 67.1 Å². The minimum absolute atomic E-state index is 0.519. The molecule has 9 heteroatoms. The van der Waals surface area contributed by atoms with Crippen LogP contribution < -0.4 is 25.6 Å². The Bertz CT molecular complexity index is 1130. The van der Waals surface area contributed by atoms with Crippen molar-refractivity contribution in [2.75, 3.05) is 48.0 Å². The van der Waals surface area contributed by atoms with E-state index in [4.69, 9.17) is 19.4 Å². The first-order chi connectivity index (χ1) is 16.6. The van der Waals surface area contributed by atoms with E-state index in [9.17, 15) is 0 Å². The Labute approximate surface area is 199 Å². The lowest BCUT2D eigenvalue weighted by molar-refractivity contribution is -0.452. The number of quaternary nitrogens is 1. The molecule has 2 aliphatic heterocycles. The molecule has 5 rings (SSSR count). The van der Waals surface area contributed by atoms with Crippen LogP contribution in [0.2, 0.25) is 0 Å². The van der Waals surface area contributed by atoms with Crippen molar-refractivity contribution < 1.29 is 15.2 Å². The van der Waals surface area contributed by atoms with Crippen molar-refractivity contribution in [3.05, 3.63) is 72.7 Å². The number of benzene rings is 1. The molecular weight excluding hydrogens is 430 g/mol. The summed E-state index contributed by atoms with van der Waals surface area (Å²) in [5, 5.41) is 3.32. The molecule has 1 fully saturated rings. The predicted octanol–water partition coefficient (Wildman–Crippen LogP) is 2.45. The predicted molar refractivity (Wildman–Crippen MR) is 131 cm³/mol. The van der Waals surface area contributed by atoms with Gasteiger partial charge in [0.2, 0.25) is 11.8 Å². The number of nitrogens with one attached hydrogen (secondary N) is 1. The van der Waals surface area contributed by atoms with E-state index in [1.807, 2.05) is 48.7 Å². The molecular formula is C25H30N7O2+. The summed E-state index contributed by atoms with van der Waals surface area (Å²) in [5.74, 6) is 2.73. The molecule has 4 heterocycles. The molecule has 176 valence electrons. The highest BCUT2D eigenvalue weighted by molar-refractivity contribution is 5.62. The first-order valence-electron chi connectivity index (χ1n) is 11.5. The van der Waals surface area contributed by atoms with Crippen LogP contribution in [0.1, 0.15) is 12.5 Å². The van der Waals surface area contributed by atoms with E-state index < -0.39 is 5.66 Å². The third-order valence-electron chi connectivity index (χ3n) is 6.00. The van der Waals surface area contributed by atoms with Gasteiger partial charge in [-0.3, -0.25) is 4.98 Å². The molecule has 1 aromatic carbocycles. The van der Waals surface area contributed by atoms with Crippen LogP contribution in [0, 0.1) is 0 Å². The van der Waals surface area contributed by atoms with E-state index in [0.717, 1.165) is 43.1 Å². The smallest absolute Gasteiger partial charge is 0.230 e. The van der Waals surface area contributed by atoms with Crippen LogP contribution >= 0.6 is 0 Å². The number of ether oxygens (including phenoxy) is 2. The summed E-state index contributed by atoms with van der Waals surface area (Å²) in [4.78, 5) is 18.3. The molecule has 0 radical (unpaired) electrons. The zero-order valence-corrected chi connectivity index (χ0v) is 19.4. The van der Waals surface area contributed by atoms with Crippen molar-refractivity contribution in [3.8, 4) is 11.6 Å². The highest BCUT2D eigenvalue weighted by Gasteiger charge is 2.38. The number of anilines is 3. The van der Waals surface area contributed by atoms with Gasteiger partial charge < -0.3 is 30.3 Å². The lowest BCUT2D eigenvalue weighted by Gasteiger charge is -2.32. The monoisotopic (exact) mass is 460 g/mol. The molecule has 0 amide bonds. The number of hydrogen-bond donors (Lipinski definition) is 2. The summed E-state index contributed by atoms with van der Waals surface area (Å²) in [6.07, 6.45) is 8.20. The molecule has 2 aliphatic rings. The first kappa shape index (κ1) is 22.1. The van der Waals surface area contributed by atoms with Crippen LogP contribution in [0.4, 0.5) is 17.5 Å². The van der Waals surface area contributed by atoms with Gasteiger partial charge in [0.15, 0.2) is 5.66 Å². The Hall–Kier alpha value is -3.69. The van der Waals surface area contributed by atoms with Crippen LogP contribution in [-0.2, 0) is 11.2 Å². The maximum absolute atomic E-state index is 6.20. The van der Waals surface area contributed by atoms with E-state index in [1.165, 1.54) is 0 Å². The fourth-order valence-corrected chi connectivity index (χ4v) is 4.16. The van der Waals surface area contributed by atoms with Gasteiger partial charge in [0.05, 0.1) is 25.0 Å². The molecule has 0 saturated carbocycles. The number of morpholine rings is 1. The number of rotatable bonds is 7. The van der Waals surface area contributed by atoms with E-state index in [2.05, 4.69) is 38.8 Å².